The van der Waals surface area contributed by atoms with Crippen molar-refractivity contribution in [2.24, 2.45) is 0 Å². The highest BCUT2D eigenvalue weighted by atomic mass is 16.2. The summed E-state index contributed by atoms with van der Waals surface area (Å²) < 4.78 is 0. The lowest BCUT2D eigenvalue weighted by Gasteiger charge is -2.18. The number of para-hydroxylation sites is 1. The second kappa shape index (κ2) is 5.76. The van der Waals surface area contributed by atoms with Gasteiger partial charge >= 0.3 is 5.91 Å². The molecule has 0 unspecified atom stereocenters. The van der Waals surface area contributed by atoms with Crippen molar-refractivity contribution in [1.82, 2.24) is 0 Å². The van der Waals surface area contributed by atoms with Gasteiger partial charge in [0.25, 0.3) is 5.78 Å². The van der Waals surface area contributed by atoms with E-state index < -0.39 is 11.7 Å². The van der Waals surface area contributed by atoms with Crippen LogP contribution in [-0.4, -0.2) is 11.7 Å². The molecule has 1 aliphatic heterocycles. The zero-order valence-electron chi connectivity index (χ0n) is 12.9. The monoisotopic (exact) mass is 293 g/mol. The third-order valence-electron chi connectivity index (χ3n) is 4.40. The molecule has 1 aliphatic rings. The standard InChI is InChI=1S/C19H19NO2/c1-3-13(4-2)14-9-11-15(12-10-14)20-17-8-6-5-7-16(17)18(21)19(20)22/h5-13H,3-4H2,1-2H3. The van der Waals surface area contributed by atoms with Crippen molar-refractivity contribution >= 4 is 23.1 Å². The molecule has 0 bridgehead atoms. The molecule has 0 spiro atoms. The third kappa shape index (κ3) is 2.23. The molecule has 3 nitrogen and oxygen atoms in total. The highest BCUT2D eigenvalue weighted by Crippen LogP contribution is 2.36. The first-order valence-corrected chi connectivity index (χ1v) is 7.75. The number of hydrogen-bond acceptors (Lipinski definition) is 2. The van der Waals surface area contributed by atoms with Crippen molar-refractivity contribution in [2.45, 2.75) is 32.6 Å². The Bertz CT molecular complexity index is 714. The van der Waals surface area contributed by atoms with Gasteiger partial charge in [0.1, 0.15) is 0 Å². The number of hydrogen-bond donors (Lipinski definition) is 0. The van der Waals surface area contributed by atoms with E-state index in [-0.39, 0.29) is 0 Å². The number of amides is 1. The molecule has 3 heteroatoms. The maximum absolute atomic E-state index is 12.3. The molecular formula is C19H19NO2. The minimum Gasteiger partial charge on any atom is -0.283 e. The van der Waals surface area contributed by atoms with Crippen LogP contribution in [0.2, 0.25) is 0 Å². The Labute approximate surface area is 130 Å². The fraction of sp³-hybridized carbons (Fsp3) is 0.263. The zero-order chi connectivity index (χ0) is 15.7. The van der Waals surface area contributed by atoms with Crippen molar-refractivity contribution in [3.8, 4) is 0 Å². The van der Waals surface area contributed by atoms with E-state index >= 15 is 0 Å². The number of nitrogens with zero attached hydrogens (tertiary/aromatic N) is 1. The summed E-state index contributed by atoms with van der Waals surface area (Å²) in [5.41, 5.74) is 3.18. The first-order valence-electron chi connectivity index (χ1n) is 7.75. The maximum Gasteiger partial charge on any atom is 0.304 e. The Morgan fingerprint density at radius 2 is 1.55 bits per heavy atom. The second-order valence-corrected chi connectivity index (χ2v) is 5.59. The Kier molecular flexibility index (Phi) is 3.80. The van der Waals surface area contributed by atoms with Crippen molar-refractivity contribution in [3.63, 3.8) is 0 Å². The van der Waals surface area contributed by atoms with Gasteiger partial charge in [0.15, 0.2) is 0 Å². The van der Waals surface area contributed by atoms with E-state index in [9.17, 15) is 9.59 Å². The molecule has 0 aromatic heterocycles. The fourth-order valence-corrected chi connectivity index (χ4v) is 3.10. The number of ketones is 1. The van der Waals surface area contributed by atoms with Crippen LogP contribution in [0, 0.1) is 0 Å². The molecule has 0 fully saturated rings. The SMILES string of the molecule is CCC(CC)c1ccc(N2C(=O)C(=O)c3ccccc32)cc1. The molecule has 112 valence electrons. The summed E-state index contributed by atoms with van der Waals surface area (Å²) in [7, 11) is 0. The number of rotatable bonds is 4. The molecule has 0 saturated carbocycles. The van der Waals surface area contributed by atoms with Crippen molar-refractivity contribution < 1.29 is 9.59 Å². The topological polar surface area (TPSA) is 37.4 Å². The lowest BCUT2D eigenvalue weighted by Crippen LogP contribution is -2.24. The normalized spacial score (nSPS) is 13.9. The molecule has 0 atom stereocenters. The molecule has 2 aromatic carbocycles. The quantitative estimate of drug-likeness (QED) is 0.781. The Morgan fingerprint density at radius 1 is 0.909 bits per heavy atom. The largest absolute Gasteiger partial charge is 0.304 e. The summed E-state index contributed by atoms with van der Waals surface area (Å²) in [5, 5.41) is 0. The highest BCUT2D eigenvalue weighted by Gasteiger charge is 2.36. The third-order valence-corrected chi connectivity index (χ3v) is 4.40. The molecule has 22 heavy (non-hydrogen) atoms. The van der Waals surface area contributed by atoms with Crippen LogP contribution in [0.3, 0.4) is 0 Å². The number of Topliss-reactive ketones (excluding diaryl/α,β-unsaturated/α-hetero) is 1. The van der Waals surface area contributed by atoms with E-state index in [2.05, 4.69) is 26.0 Å². The minimum absolute atomic E-state index is 0.431. The van der Waals surface area contributed by atoms with Crippen LogP contribution >= 0.6 is 0 Å². The zero-order valence-corrected chi connectivity index (χ0v) is 12.9. The van der Waals surface area contributed by atoms with E-state index in [1.807, 2.05) is 24.3 Å². The van der Waals surface area contributed by atoms with Crippen LogP contribution in [-0.2, 0) is 4.79 Å². The van der Waals surface area contributed by atoms with E-state index in [0.29, 0.717) is 17.2 Å². The summed E-state index contributed by atoms with van der Waals surface area (Å²) in [6.45, 7) is 4.36. The molecule has 1 amide bonds. The number of carbonyl (C=O) groups is 2. The van der Waals surface area contributed by atoms with Gasteiger partial charge in [-0.05, 0) is 48.6 Å². The summed E-state index contributed by atoms with van der Waals surface area (Å²) in [4.78, 5) is 25.8. The van der Waals surface area contributed by atoms with Crippen LogP contribution in [0.25, 0.3) is 0 Å². The molecule has 1 heterocycles. The van der Waals surface area contributed by atoms with Gasteiger partial charge in [-0.2, -0.15) is 0 Å². The summed E-state index contributed by atoms with van der Waals surface area (Å²) in [6, 6.07) is 15.1. The number of carbonyl (C=O) groups excluding carboxylic acids is 2. The van der Waals surface area contributed by atoms with Gasteiger partial charge in [0, 0.05) is 5.69 Å². The molecule has 0 N–H and O–H groups in total. The van der Waals surface area contributed by atoms with Gasteiger partial charge < -0.3 is 0 Å². The summed E-state index contributed by atoms with van der Waals surface area (Å²) in [5.74, 6) is -0.367. The van der Waals surface area contributed by atoms with Crippen LogP contribution < -0.4 is 4.90 Å². The molecule has 0 saturated heterocycles. The first-order chi connectivity index (χ1) is 10.7. The second-order valence-electron chi connectivity index (χ2n) is 5.59. The lowest BCUT2D eigenvalue weighted by atomic mass is 9.94. The molecule has 0 aliphatic carbocycles. The van der Waals surface area contributed by atoms with Crippen LogP contribution in [0.4, 0.5) is 11.4 Å². The molecule has 2 aromatic rings. The molecule has 0 radical (unpaired) electrons. The van der Waals surface area contributed by atoms with Gasteiger partial charge in [-0.1, -0.05) is 38.1 Å². The van der Waals surface area contributed by atoms with E-state index in [4.69, 9.17) is 0 Å². The van der Waals surface area contributed by atoms with Crippen LogP contribution in [0.15, 0.2) is 48.5 Å². The smallest absolute Gasteiger partial charge is 0.283 e. The average Bonchev–Trinajstić information content (AvgIpc) is 2.81. The number of anilines is 2. The van der Waals surface area contributed by atoms with E-state index in [1.54, 1.807) is 12.1 Å². The van der Waals surface area contributed by atoms with E-state index in [1.165, 1.54) is 10.5 Å². The van der Waals surface area contributed by atoms with Gasteiger partial charge in [-0.15, -0.1) is 0 Å². The number of fused-ring (bicyclic) bond motifs is 1. The maximum atomic E-state index is 12.3. The van der Waals surface area contributed by atoms with Crippen LogP contribution in [0.1, 0.15) is 48.5 Å². The molecule has 3 rings (SSSR count). The van der Waals surface area contributed by atoms with Crippen molar-refractivity contribution in [2.75, 3.05) is 4.90 Å². The van der Waals surface area contributed by atoms with Gasteiger partial charge in [-0.25, -0.2) is 0 Å². The minimum atomic E-state index is -0.475. The summed E-state index contributed by atoms with van der Waals surface area (Å²) in [6.07, 6.45) is 2.19. The Morgan fingerprint density at radius 3 is 2.18 bits per heavy atom. The Hall–Kier alpha value is -2.42. The lowest BCUT2D eigenvalue weighted by molar-refractivity contribution is -0.113. The van der Waals surface area contributed by atoms with Crippen molar-refractivity contribution in [1.29, 1.82) is 0 Å². The predicted molar refractivity (Wildman–Crippen MR) is 87.7 cm³/mol. The van der Waals surface area contributed by atoms with Crippen molar-refractivity contribution in [3.05, 3.63) is 59.7 Å². The Balaban J connectivity index is 1.98. The van der Waals surface area contributed by atoms with Gasteiger partial charge in [0.05, 0.1) is 11.3 Å². The molecular weight excluding hydrogens is 274 g/mol. The fourth-order valence-electron chi connectivity index (χ4n) is 3.10. The number of benzene rings is 2. The predicted octanol–water partition coefficient (Wildman–Crippen LogP) is 4.45. The average molecular weight is 293 g/mol. The summed E-state index contributed by atoms with van der Waals surface area (Å²) >= 11 is 0. The van der Waals surface area contributed by atoms with E-state index in [0.717, 1.165) is 18.5 Å². The van der Waals surface area contributed by atoms with Gasteiger partial charge in [0.2, 0.25) is 0 Å². The highest BCUT2D eigenvalue weighted by molar-refractivity contribution is 6.53. The first kappa shape index (κ1) is 14.5. The van der Waals surface area contributed by atoms with Gasteiger partial charge in [-0.3, -0.25) is 14.5 Å². The van der Waals surface area contributed by atoms with Crippen LogP contribution in [0.5, 0.6) is 0 Å².